The fourth-order valence-corrected chi connectivity index (χ4v) is 21.0. The number of amidine groups is 4. The Bertz CT molecular complexity index is 5860. The molecule has 18 rings (SSSR count). The van der Waals surface area contributed by atoms with Crippen LogP contribution in [0.25, 0.3) is 21.5 Å². The molecule has 0 N–H and O–H groups in total. The molecule has 106 heavy (non-hydrogen) atoms. The molecule has 14 aromatic rings. The van der Waals surface area contributed by atoms with E-state index < -0.39 is 20.8 Å². The molecule has 0 radical (unpaired) electrons. The van der Waals surface area contributed by atoms with E-state index in [2.05, 4.69) is 0 Å². The maximum absolute atomic E-state index is 8.78. The number of rotatable bonds is 16. The van der Waals surface area contributed by atoms with Gasteiger partial charge in [-0.25, -0.2) is 0 Å². The number of fused-ring (bicyclic) bond motifs is 14. The van der Waals surface area contributed by atoms with Gasteiger partial charge in [0.25, 0.3) is 0 Å². The van der Waals surface area contributed by atoms with E-state index in [4.69, 9.17) is 169 Å². The first-order valence-corrected chi connectivity index (χ1v) is 42.4. The van der Waals surface area contributed by atoms with Crippen molar-refractivity contribution in [2.24, 2.45) is 30.0 Å². The number of halogens is 9. The van der Waals surface area contributed by atoms with Crippen LogP contribution < -0.4 is 48.9 Å². The second kappa shape index (κ2) is 28.0. The van der Waals surface area contributed by atoms with Crippen LogP contribution in [0, 0.1) is 0 Å². The number of hydrogen-bond acceptors (Lipinski definition) is 14. The van der Waals surface area contributed by atoms with Gasteiger partial charge in [-0.05, 0) is 0 Å². The van der Waals surface area contributed by atoms with Crippen LogP contribution in [0.15, 0.2) is 273 Å². The summed E-state index contributed by atoms with van der Waals surface area (Å²) in [4.78, 5) is 33.6. The zero-order chi connectivity index (χ0) is 72.0. The van der Waals surface area contributed by atoms with Gasteiger partial charge in [-0.1, -0.05) is 46.4 Å². The summed E-state index contributed by atoms with van der Waals surface area (Å²) in [7, 11) is 8.78. The zero-order valence-electron chi connectivity index (χ0n) is 53.9. The molecular formula is C80H40Cl9InN8O8. The van der Waals surface area contributed by atoms with Gasteiger partial charge in [0.1, 0.15) is 0 Å². The second-order valence-corrected chi connectivity index (χ2v) is 35.0. The number of hydrogen-bond donors (Lipinski definition) is 0. The van der Waals surface area contributed by atoms with Gasteiger partial charge in [-0.2, -0.15) is 0 Å². The van der Waals surface area contributed by atoms with E-state index in [1.807, 2.05) is 53.6 Å². The summed E-state index contributed by atoms with van der Waals surface area (Å²) < 4.78 is 58.6. The Hall–Kier alpha value is -10.1. The van der Waals surface area contributed by atoms with Gasteiger partial charge in [-0.3, -0.25) is 0 Å². The van der Waals surface area contributed by atoms with Crippen LogP contribution in [0.3, 0.4) is 0 Å². The molecule has 0 unspecified atom stereocenters. The predicted octanol–water partition coefficient (Wildman–Crippen LogP) is 24.7. The van der Waals surface area contributed by atoms with E-state index in [1.165, 1.54) is 0 Å². The molecule has 0 aliphatic carbocycles. The Morgan fingerprint density at radius 2 is 0.406 bits per heavy atom. The quantitative estimate of drug-likeness (QED) is 0.0925. The number of ether oxygens (including phenoxy) is 8. The maximum atomic E-state index is 8.78. The molecule has 4 aliphatic heterocycles. The molecule has 16 nitrogen and oxygen atoms in total. The summed E-state index contributed by atoms with van der Waals surface area (Å²) in [6.45, 7) is 0. The number of nitrogens with zero attached hydrogens (tertiary/aromatic N) is 8. The van der Waals surface area contributed by atoms with Gasteiger partial charge >= 0.3 is 613 Å². The number of aromatic nitrogens is 2. The van der Waals surface area contributed by atoms with Crippen LogP contribution in [0.4, 0.5) is 11.6 Å². The molecule has 0 saturated heterocycles. The van der Waals surface area contributed by atoms with Crippen molar-refractivity contribution in [3.05, 3.63) is 316 Å². The topological polar surface area (TPSA) is 158 Å². The van der Waals surface area contributed by atoms with Crippen molar-refractivity contribution in [2.75, 3.05) is 0 Å². The molecule has 0 atom stereocenters. The molecule has 2 aromatic heterocycles. The summed E-state index contributed by atoms with van der Waals surface area (Å²) in [6.07, 6.45) is 0. The Kier molecular flexibility index (Phi) is 17.9. The van der Waals surface area contributed by atoms with Crippen molar-refractivity contribution in [1.29, 1.82) is 0 Å². The van der Waals surface area contributed by atoms with Crippen LogP contribution in [0.5, 0.6) is 92.0 Å². The summed E-state index contributed by atoms with van der Waals surface area (Å²) >= 11 is 47.0. The van der Waals surface area contributed by atoms with E-state index in [1.54, 1.807) is 194 Å². The van der Waals surface area contributed by atoms with Crippen LogP contribution >= 0.6 is 101 Å². The molecule has 0 fully saturated rings. The third-order valence-corrected chi connectivity index (χ3v) is 27.1. The van der Waals surface area contributed by atoms with E-state index in [0.29, 0.717) is 153 Å². The van der Waals surface area contributed by atoms with Crippen molar-refractivity contribution in [3.8, 4) is 92.0 Å². The minimum atomic E-state index is -4.84. The zero-order valence-corrected chi connectivity index (χ0v) is 64.0. The van der Waals surface area contributed by atoms with E-state index in [9.17, 15) is 0 Å². The average Bonchev–Trinajstić information content (AvgIpc) is 1.55. The van der Waals surface area contributed by atoms with E-state index >= 15 is 0 Å². The first-order chi connectivity index (χ1) is 51.6. The third-order valence-electron chi connectivity index (χ3n) is 17.2. The Morgan fingerprint density at radius 1 is 0.217 bits per heavy atom. The molecule has 6 heterocycles. The first kappa shape index (κ1) is 67.7. The Balaban J connectivity index is 0.975. The normalized spacial score (nSPS) is 12.9. The molecule has 0 saturated carbocycles. The first-order valence-electron chi connectivity index (χ1n) is 32.3. The molecule has 12 aromatic carbocycles. The van der Waals surface area contributed by atoms with E-state index in [0.717, 1.165) is 0 Å². The second-order valence-electron chi connectivity index (χ2n) is 24.1. The van der Waals surface area contributed by atoms with Crippen molar-refractivity contribution in [3.63, 3.8) is 0 Å². The van der Waals surface area contributed by atoms with E-state index in [-0.39, 0.29) is 69.3 Å². The number of aliphatic imine (C=N–C) groups is 4. The van der Waals surface area contributed by atoms with Gasteiger partial charge in [0.2, 0.25) is 0 Å². The standard InChI is InChI=1S/C80H40Cl8N8O8.ClH.In/c81-41-1-17-49(18-2-41)97-65-33-57-58(34-66(65)98-50-19-3-42(82)4-20-50)74-89-73(57)93-75-59-35-67(99-51-21-5-43(83)6-22-51)68(100-52-23-7-44(84)8-24-52)36-60(59)77(90-75)95-79-63-39-71(103-55-29-13-47(87)14-30-55)72(104-56-31-15-48(88)16-32-56)40-64(63)80(92-79)96-78-62-38-70(102-54-27-11-46(86)12-28-54)69(37-61(62)76(91-78)94-74)101-53-25-9-45(85)10-26-53;;/h1-40H;1H;/q-2;;+3/p-1. The van der Waals surface area contributed by atoms with Crippen molar-refractivity contribution >= 4 is 179 Å². The SMILES string of the molecule is Clc1ccc(Oc2cc3c(cc2Oc2ccc(Cl)cc2)C2=Nc4c5cc(Oc6ccc(Cl)cc6)c(Oc6ccc(Cl)cc6)cc5c5[n]4[In]([Cl])[n]4c(c6cc(Oc7ccc(Cl)cc7)c(Oc7ccc(Cl)cc7)cc6c4=NC4=NC(=N5)c5cc(Oc6ccc(Cl)cc6)c(Oc6ccc(Cl)cc6)cc54)=NC3=N2)cc1. The molecule has 514 valence electrons. The van der Waals surface area contributed by atoms with Gasteiger partial charge in [-0.15, -0.1) is 0 Å². The minimum absolute atomic E-state index is 0.208. The molecule has 4 aliphatic rings. The molecule has 6 bridgehead atoms. The fourth-order valence-electron chi connectivity index (χ4n) is 12.3. The van der Waals surface area contributed by atoms with Crippen LogP contribution in [0.2, 0.25) is 40.2 Å². The average molecular weight is 1680 g/mol. The molecular weight excluding hydrogens is 1630 g/mol. The van der Waals surface area contributed by atoms with Crippen LogP contribution in [0.1, 0.15) is 22.3 Å². The summed E-state index contributed by atoms with van der Waals surface area (Å²) in [5.74, 6) is 7.22. The monoisotopic (exact) mass is 1670 g/mol. The van der Waals surface area contributed by atoms with Gasteiger partial charge in [0.05, 0.1) is 0 Å². The van der Waals surface area contributed by atoms with Gasteiger partial charge in [0.15, 0.2) is 0 Å². The Morgan fingerprint density at radius 3 is 0.623 bits per heavy atom. The summed E-state index contributed by atoms with van der Waals surface area (Å²) in [5.41, 5.74) is 2.60. The van der Waals surface area contributed by atoms with Gasteiger partial charge in [0, 0.05) is 0 Å². The van der Waals surface area contributed by atoms with Gasteiger partial charge < -0.3 is 0 Å². The fraction of sp³-hybridized carbons (Fsp3) is 0. The summed E-state index contributed by atoms with van der Waals surface area (Å²) in [5, 5.41) is 6.03. The van der Waals surface area contributed by atoms with Crippen molar-refractivity contribution in [1.82, 2.24) is 5.11 Å². The predicted molar refractivity (Wildman–Crippen MR) is 419 cm³/mol. The van der Waals surface area contributed by atoms with Crippen molar-refractivity contribution < 1.29 is 37.9 Å². The number of benzene rings is 12. The Labute approximate surface area is 653 Å². The van der Waals surface area contributed by atoms with Crippen LogP contribution in [-0.4, -0.2) is 49.3 Å². The van der Waals surface area contributed by atoms with Crippen LogP contribution in [-0.2, 0) is 0 Å². The molecule has 26 heteroatoms. The van der Waals surface area contributed by atoms with Crippen molar-refractivity contribution in [2.45, 2.75) is 0 Å². The molecule has 0 amide bonds. The summed E-state index contributed by atoms with van der Waals surface area (Å²) in [6, 6.07) is 70.3. The molecule has 0 spiro atoms. The third kappa shape index (κ3) is 13.4.